The van der Waals surface area contributed by atoms with Crippen LogP contribution in [0.3, 0.4) is 0 Å². The number of benzene rings is 1. The summed E-state index contributed by atoms with van der Waals surface area (Å²) in [6.07, 6.45) is 2.23. The number of halogens is 1. The molecule has 0 aliphatic rings. The predicted molar refractivity (Wildman–Crippen MR) is 49.0 cm³/mol. The van der Waals surface area contributed by atoms with Crippen LogP contribution in [-0.4, -0.2) is 16.7 Å². The Balaban J connectivity index is 2.64. The largest absolute Gasteiger partial charge is 0.396 e. The van der Waals surface area contributed by atoms with Gasteiger partial charge in [0.15, 0.2) is 0 Å². The Morgan fingerprint density at radius 1 is 1.38 bits per heavy atom. The summed E-state index contributed by atoms with van der Waals surface area (Å²) in [7, 11) is 0. The smallest absolute Gasteiger partial charge is 0.132 e. The zero-order valence-electron chi connectivity index (χ0n) is 7.05. The lowest BCUT2D eigenvalue weighted by Crippen LogP contribution is -1.89. The number of aliphatic hydroxyl groups is 1. The Morgan fingerprint density at radius 3 is 3.00 bits per heavy atom. The van der Waals surface area contributed by atoms with Gasteiger partial charge in [0.05, 0.1) is 0 Å². The number of aromatic nitrogens is 1. The van der Waals surface area contributed by atoms with Crippen molar-refractivity contribution in [2.24, 2.45) is 0 Å². The van der Waals surface area contributed by atoms with Crippen LogP contribution in [0.2, 0.25) is 0 Å². The highest BCUT2D eigenvalue weighted by Crippen LogP contribution is 2.21. The Bertz CT molecular complexity index is 422. The lowest BCUT2D eigenvalue weighted by atomic mass is 10.1. The Kier molecular flexibility index (Phi) is 2.02. The number of hydrogen-bond donors (Lipinski definition) is 2. The van der Waals surface area contributed by atoms with E-state index in [0.717, 1.165) is 11.1 Å². The molecular formula is C10H10FNO. The summed E-state index contributed by atoms with van der Waals surface area (Å²) < 4.78 is 13.3. The number of rotatable bonds is 2. The topological polar surface area (TPSA) is 36.0 Å². The molecule has 0 atom stereocenters. The maximum Gasteiger partial charge on any atom is 0.132 e. The summed E-state index contributed by atoms with van der Waals surface area (Å²) in [6, 6.07) is 4.91. The molecule has 1 aromatic heterocycles. The van der Waals surface area contributed by atoms with Crippen molar-refractivity contribution in [1.29, 1.82) is 0 Å². The van der Waals surface area contributed by atoms with Crippen LogP contribution in [0.15, 0.2) is 24.4 Å². The van der Waals surface area contributed by atoms with Crippen LogP contribution >= 0.6 is 0 Å². The molecule has 2 aromatic rings. The van der Waals surface area contributed by atoms with Crippen LogP contribution < -0.4 is 0 Å². The highest BCUT2D eigenvalue weighted by molar-refractivity contribution is 5.83. The normalized spacial score (nSPS) is 10.9. The Morgan fingerprint density at radius 2 is 2.23 bits per heavy atom. The van der Waals surface area contributed by atoms with Crippen LogP contribution in [-0.2, 0) is 6.42 Å². The first kappa shape index (κ1) is 8.26. The molecule has 0 amide bonds. The average Bonchev–Trinajstić information content (AvgIpc) is 2.51. The third kappa shape index (κ3) is 1.31. The number of fused-ring (bicyclic) bond motifs is 1. The number of hydrogen-bond acceptors (Lipinski definition) is 1. The lowest BCUT2D eigenvalue weighted by Gasteiger charge is -1.96. The van der Waals surface area contributed by atoms with Gasteiger partial charge in [-0.25, -0.2) is 4.39 Å². The van der Waals surface area contributed by atoms with Gasteiger partial charge in [0, 0.05) is 23.7 Å². The molecule has 68 valence electrons. The zero-order valence-corrected chi connectivity index (χ0v) is 7.05. The van der Waals surface area contributed by atoms with E-state index < -0.39 is 0 Å². The summed E-state index contributed by atoms with van der Waals surface area (Å²) in [5.41, 5.74) is 1.61. The summed E-state index contributed by atoms with van der Waals surface area (Å²) in [5.74, 6) is -0.234. The van der Waals surface area contributed by atoms with E-state index in [-0.39, 0.29) is 12.4 Å². The monoisotopic (exact) mass is 179 g/mol. The molecule has 0 saturated heterocycles. The second-order valence-corrected chi connectivity index (χ2v) is 2.95. The minimum Gasteiger partial charge on any atom is -0.396 e. The molecule has 2 N–H and O–H groups in total. The molecule has 0 saturated carbocycles. The Labute approximate surface area is 75.0 Å². The number of aliphatic hydroxyl groups excluding tert-OH is 1. The van der Waals surface area contributed by atoms with E-state index in [1.165, 1.54) is 6.07 Å². The second kappa shape index (κ2) is 3.18. The first-order chi connectivity index (χ1) is 6.33. The van der Waals surface area contributed by atoms with Gasteiger partial charge in [0.2, 0.25) is 0 Å². The SMILES string of the molecule is OCCc1c[nH]c2cccc(F)c12. The van der Waals surface area contributed by atoms with Crippen LogP contribution in [0.4, 0.5) is 4.39 Å². The fraction of sp³-hybridized carbons (Fsp3) is 0.200. The van der Waals surface area contributed by atoms with Crippen LogP contribution in [0.1, 0.15) is 5.56 Å². The van der Waals surface area contributed by atoms with Crippen molar-refractivity contribution in [3.8, 4) is 0 Å². The maximum atomic E-state index is 13.3. The van der Waals surface area contributed by atoms with E-state index in [4.69, 9.17) is 5.11 Å². The maximum absolute atomic E-state index is 13.3. The standard InChI is InChI=1S/C10H10FNO/c11-8-2-1-3-9-10(8)7(4-5-13)6-12-9/h1-3,6,12-13H,4-5H2. The molecule has 0 aliphatic carbocycles. The zero-order chi connectivity index (χ0) is 9.26. The van der Waals surface area contributed by atoms with E-state index in [1.807, 2.05) is 6.07 Å². The molecule has 0 bridgehead atoms. The van der Waals surface area contributed by atoms with Crippen molar-refractivity contribution in [3.63, 3.8) is 0 Å². The molecule has 0 fully saturated rings. The Hall–Kier alpha value is -1.35. The van der Waals surface area contributed by atoms with Crippen LogP contribution in [0.5, 0.6) is 0 Å². The molecule has 1 aromatic carbocycles. The highest BCUT2D eigenvalue weighted by Gasteiger charge is 2.06. The van der Waals surface area contributed by atoms with Crippen molar-refractivity contribution >= 4 is 10.9 Å². The molecule has 0 radical (unpaired) electrons. The minimum atomic E-state index is -0.234. The van der Waals surface area contributed by atoms with Crippen molar-refractivity contribution in [2.45, 2.75) is 6.42 Å². The van der Waals surface area contributed by atoms with Crippen molar-refractivity contribution in [3.05, 3.63) is 35.8 Å². The van der Waals surface area contributed by atoms with Gasteiger partial charge in [0.25, 0.3) is 0 Å². The first-order valence-corrected chi connectivity index (χ1v) is 4.18. The lowest BCUT2D eigenvalue weighted by molar-refractivity contribution is 0.300. The quantitative estimate of drug-likeness (QED) is 0.725. The van der Waals surface area contributed by atoms with Gasteiger partial charge in [-0.15, -0.1) is 0 Å². The summed E-state index contributed by atoms with van der Waals surface area (Å²) >= 11 is 0. The summed E-state index contributed by atoms with van der Waals surface area (Å²) in [5, 5.41) is 9.35. The molecule has 13 heavy (non-hydrogen) atoms. The second-order valence-electron chi connectivity index (χ2n) is 2.95. The number of aromatic amines is 1. The molecule has 0 aliphatic heterocycles. The first-order valence-electron chi connectivity index (χ1n) is 4.18. The van der Waals surface area contributed by atoms with Gasteiger partial charge in [-0.05, 0) is 24.1 Å². The van der Waals surface area contributed by atoms with Crippen molar-refractivity contribution in [1.82, 2.24) is 4.98 Å². The van der Waals surface area contributed by atoms with E-state index in [1.54, 1.807) is 12.3 Å². The molecule has 1 heterocycles. The van der Waals surface area contributed by atoms with Crippen molar-refractivity contribution in [2.75, 3.05) is 6.61 Å². The summed E-state index contributed by atoms with van der Waals surface area (Å²) in [4.78, 5) is 2.96. The van der Waals surface area contributed by atoms with Gasteiger partial charge < -0.3 is 10.1 Å². The molecule has 0 spiro atoms. The molecule has 0 unspecified atom stereocenters. The van der Waals surface area contributed by atoms with Gasteiger partial charge in [-0.3, -0.25) is 0 Å². The number of nitrogens with one attached hydrogen (secondary N) is 1. The van der Waals surface area contributed by atoms with Gasteiger partial charge >= 0.3 is 0 Å². The fourth-order valence-electron chi connectivity index (χ4n) is 1.53. The van der Waals surface area contributed by atoms with Crippen LogP contribution in [0.25, 0.3) is 10.9 Å². The third-order valence-electron chi connectivity index (χ3n) is 2.12. The van der Waals surface area contributed by atoms with E-state index in [0.29, 0.717) is 11.8 Å². The van der Waals surface area contributed by atoms with Gasteiger partial charge in [-0.1, -0.05) is 6.07 Å². The van der Waals surface area contributed by atoms with Crippen LogP contribution in [0, 0.1) is 5.82 Å². The van der Waals surface area contributed by atoms with E-state index >= 15 is 0 Å². The third-order valence-corrected chi connectivity index (χ3v) is 2.12. The summed E-state index contributed by atoms with van der Waals surface area (Å²) in [6.45, 7) is 0.0429. The predicted octanol–water partition coefficient (Wildman–Crippen LogP) is 1.84. The van der Waals surface area contributed by atoms with E-state index in [9.17, 15) is 4.39 Å². The number of H-pyrrole nitrogens is 1. The minimum absolute atomic E-state index is 0.0429. The molecular weight excluding hydrogens is 169 g/mol. The van der Waals surface area contributed by atoms with Crippen molar-refractivity contribution < 1.29 is 9.50 Å². The van der Waals surface area contributed by atoms with E-state index in [2.05, 4.69) is 4.98 Å². The molecule has 3 heteroatoms. The van der Waals surface area contributed by atoms with Gasteiger partial charge in [0.1, 0.15) is 5.82 Å². The fourth-order valence-corrected chi connectivity index (χ4v) is 1.53. The molecule has 2 nitrogen and oxygen atoms in total. The molecule has 2 rings (SSSR count). The van der Waals surface area contributed by atoms with Gasteiger partial charge in [-0.2, -0.15) is 0 Å². The average molecular weight is 179 g/mol. The highest BCUT2D eigenvalue weighted by atomic mass is 19.1.